The molecule has 2 N–H and O–H groups in total. The van der Waals surface area contributed by atoms with Crippen LogP contribution >= 0.6 is 0 Å². The van der Waals surface area contributed by atoms with Crippen LogP contribution in [0.25, 0.3) is 0 Å². The SMILES string of the molecule is CCCC[C@@](C)(O)CC=C[C@@H]1[C@H]2CC(CCCCC(=O)N3CCCCC3)=C[C@H]2C[C@H]1O. The zero-order valence-electron chi connectivity index (χ0n) is 19.9. The van der Waals surface area contributed by atoms with E-state index < -0.39 is 5.60 Å². The minimum atomic E-state index is -0.639. The summed E-state index contributed by atoms with van der Waals surface area (Å²) in [6, 6.07) is 0. The zero-order chi connectivity index (χ0) is 22.3. The van der Waals surface area contributed by atoms with E-state index in [1.165, 1.54) is 24.8 Å². The molecule has 0 aromatic carbocycles. The minimum absolute atomic E-state index is 0.210. The molecule has 3 aliphatic rings. The molecule has 0 radical (unpaired) electrons. The maximum atomic E-state index is 12.3. The summed E-state index contributed by atoms with van der Waals surface area (Å²) in [6.45, 7) is 5.99. The van der Waals surface area contributed by atoms with E-state index in [2.05, 4.69) is 30.1 Å². The van der Waals surface area contributed by atoms with Gasteiger partial charge in [0.15, 0.2) is 0 Å². The number of piperidine rings is 1. The zero-order valence-corrected chi connectivity index (χ0v) is 19.9. The molecule has 0 unspecified atom stereocenters. The van der Waals surface area contributed by atoms with Gasteiger partial charge in [-0.25, -0.2) is 0 Å². The Hall–Kier alpha value is -1.13. The van der Waals surface area contributed by atoms with Crippen molar-refractivity contribution in [3.05, 3.63) is 23.8 Å². The van der Waals surface area contributed by atoms with Gasteiger partial charge in [0.1, 0.15) is 0 Å². The lowest BCUT2D eigenvalue weighted by Crippen LogP contribution is -2.35. The lowest BCUT2D eigenvalue weighted by atomic mass is 9.87. The van der Waals surface area contributed by atoms with Crippen molar-refractivity contribution in [1.29, 1.82) is 0 Å². The molecule has 1 amide bonds. The van der Waals surface area contributed by atoms with Gasteiger partial charge in [-0.05, 0) is 83.0 Å². The first-order valence-corrected chi connectivity index (χ1v) is 12.9. The maximum absolute atomic E-state index is 12.3. The predicted octanol–water partition coefficient (Wildman–Crippen LogP) is 5.39. The highest BCUT2D eigenvalue weighted by atomic mass is 16.3. The third kappa shape index (κ3) is 7.18. The predicted molar refractivity (Wildman–Crippen MR) is 127 cm³/mol. The number of carbonyl (C=O) groups is 1. The molecule has 4 nitrogen and oxygen atoms in total. The van der Waals surface area contributed by atoms with E-state index in [1.54, 1.807) is 0 Å². The van der Waals surface area contributed by atoms with Gasteiger partial charge in [-0.1, -0.05) is 43.6 Å². The van der Waals surface area contributed by atoms with Crippen LogP contribution in [0.15, 0.2) is 23.8 Å². The van der Waals surface area contributed by atoms with Gasteiger partial charge in [-0.15, -0.1) is 0 Å². The van der Waals surface area contributed by atoms with E-state index in [-0.39, 0.29) is 12.0 Å². The first-order chi connectivity index (χ1) is 14.9. The van der Waals surface area contributed by atoms with Crippen LogP contribution in [0.4, 0.5) is 0 Å². The maximum Gasteiger partial charge on any atom is 0.222 e. The fourth-order valence-electron chi connectivity index (χ4n) is 5.86. The topological polar surface area (TPSA) is 60.8 Å². The molecule has 1 saturated heterocycles. The van der Waals surface area contributed by atoms with Crippen molar-refractivity contribution in [3.8, 4) is 0 Å². The monoisotopic (exact) mass is 431 g/mol. The van der Waals surface area contributed by atoms with Crippen LogP contribution < -0.4 is 0 Å². The third-order valence-corrected chi connectivity index (χ3v) is 7.78. The highest BCUT2D eigenvalue weighted by Gasteiger charge is 2.43. The van der Waals surface area contributed by atoms with Crippen molar-refractivity contribution < 1.29 is 15.0 Å². The molecular formula is C27H45NO3. The summed E-state index contributed by atoms with van der Waals surface area (Å²) in [7, 11) is 0. The summed E-state index contributed by atoms with van der Waals surface area (Å²) in [6.07, 6.45) is 19.5. The Morgan fingerprint density at radius 2 is 2.00 bits per heavy atom. The van der Waals surface area contributed by atoms with Crippen LogP contribution in [0.1, 0.15) is 97.3 Å². The first-order valence-electron chi connectivity index (χ1n) is 12.9. The van der Waals surface area contributed by atoms with Crippen LogP contribution in [0.3, 0.4) is 0 Å². The molecule has 0 bridgehead atoms. The van der Waals surface area contributed by atoms with E-state index in [0.717, 1.165) is 64.5 Å². The van der Waals surface area contributed by atoms with Crippen molar-refractivity contribution in [2.24, 2.45) is 17.8 Å². The van der Waals surface area contributed by atoms with Crippen molar-refractivity contribution in [3.63, 3.8) is 0 Å². The standard InChI is InChI=1S/C27H45NO3/c1-3-4-14-27(2,31)15-10-12-23-24-19-21(18-22(24)20-25(23)29)11-6-7-13-26(30)28-16-8-5-9-17-28/h10,12,18,22-25,29,31H,3-9,11,13-17,19-20H2,1-2H3/t22-,23+,24-,25+,27+/m0/s1. The van der Waals surface area contributed by atoms with E-state index >= 15 is 0 Å². The normalized spacial score (nSPS) is 30.5. The lowest BCUT2D eigenvalue weighted by molar-refractivity contribution is -0.132. The number of rotatable bonds is 11. The highest BCUT2D eigenvalue weighted by molar-refractivity contribution is 5.76. The van der Waals surface area contributed by atoms with Gasteiger partial charge in [-0.2, -0.15) is 0 Å². The highest BCUT2D eigenvalue weighted by Crippen LogP contribution is 2.48. The van der Waals surface area contributed by atoms with E-state index in [9.17, 15) is 15.0 Å². The Morgan fingerprint density at radius 3 is 2.74 bits per heavy atom. The van der Waals surface area contributed by atoms with Crippen molar-refractivity contribution in [2.75, 3.05) is 13.1 Å². The van der Waals surface area contributed by atoms with Gasteiger partial charge < -0.3 is 15.1 Å². The molecule has 4 heteroatoms. The number of carbonyl (C=O) groups excluding carboxylic acids is 1. The number of unbranched alkanes of at least 4 members (excludes halogenated alkanes) is 2. The quantitative estimate of drug-likeness (QED) is 0.341. The average Bonchev–Trinajstić information content (AvgIpc) is 3.27. The second kappa shape index (κ2) is 11.7. The van der Waals surface area contributed by atoms with Crippen LogP contribution in [0, 0.1) is 17.8 Å². The van der Waals surface area contributed by atoms with E-state index in [4.69, 9.17) is 0 Å². The summed E-state index contributed by atoms with van der Waals surface area (Å²) in [5.41, 5.74) is 0.890. The van der Waals surface area contributed by atoms with Crippen LogP contribution in [-0.2, 0) is 4.79 Å². The second-order valence-corrected chi connectivity index (χ2v) is 10.6. The van der Waals surface area contributed by atoms with Gasteiger partial charge >= 0.3 is 0 Å². The fraction of sp³-hybridized carbons (Fsp3) is 0.815. The number of hydrogen-bond acceptors (Lipinski definition) is 3. The number of aliphatic hydroxyl groups is 2. The molecule has 5 atom stereocenters. The number of hydrogen-bond donors (Lipinski definition) is 2. The summed E-state index contributed by atoms with van der Waals surface area (Å²) in [4.78, 5) is 14.4. The van der Waals surface area contributed by atoms with Gasteiger partial charge in [0.25, 0.3) is 0 Å². The molecule has 176 valence electrons. The molecule has 31 heavy (non-hydrogen) atoms. The lowest BCUT2D eigenvalue weighted by Gasteiger charge is -2.26. The number of allylic oxidation sites excluding steroid dienone is 2. The largest absolute Gasteiger partial charge is 0.392 e. The number of aliphatic hydroxyl groups excluding tert-OH is 1. The molecule has 3 rings (SSSR count). The summed E-state index contributed by atoms with van der Waals surface area (Å²) in [5.74, 6) is 1.56. The Kier molecular flexibility index (Phi) is 9.21. The van der Waals surface area contributed by atoms with Crippen molar-refractivity contribution in [2.45, 2.75) is 109 Å². The smallest absolute Gasteiger partial charge is 0.222 e. The third-order valence-electron chi connectivity index (χ3n) is 7.78. The Bertz CT molecular complexity index is 632. The van der Waals surface area contributed by atoms with E-state index in [1.807, 2.05) is 6.92 Å². The molecule has 1 aliphatic heterocycles. The van der Waals surface area contributed by atoms with Gasteiger partial charge in [-0.3, -0.25) is 4.79 Å². The first kappa shape index (κ1) is 24.5. The summed E-state index contributed by atoms with van der Waals surface area (Å²) >= 11 is 0. The number of fused-ring (bicyclic) bond motifs is 1. The molecule has 1 saturated carbocycles. The Morgan fingerprint density at radius 1 is 1.23 bits per heavy atom. The Labute approximate surface area is 189 Å². The van der Waals surface area contributed by atoms with Gasteiger partial charge in [0, 0.05) is 25.4 Å². The molecule has 2 fully saturated rings. The second-order valence-electron chi connectivity index (χ2n) is 10.6. The molecule has 0 spiro atoms. The summed E-state index contributed by atoms with van der Waals surface area (Å²) < 4.78 is 0. The van der Waals surface area contributed by atoms with Crippen LogP contribution in [0.2, 0.25) is 0 Å². The number of nitrogens with zero attached hydrogens (tertiary/aromatic N) is 1. The molecule has 0 aromatic heterocycles. The average molecular weight is 432 g/mol. The van der Waals surface area contributed by atoms with Crippen LogP contribution in [-0.4, -0.2) is 45.8 Å². The van der Waals surface area contributed by atoms with Crippen molar-refractivity contribution in [1.82, 2.24) is 4.90 Å². The minimum Gasteiger partial charge on any atom is -0.392 e. The molecule has 2 aliphatic carbocycles. The van der Waals surface area contributed by atoms with Gasteiger partial charge in [0.05, 0.1) is 11.7 Å². The Balaban J connectivity index is 1.39. The van der Waals surface area contributed by atoms with E-state index in [0.29, 0.717) is 30.6 Å². The van der Waals surface area contributed by atoms with Crippen LogP contribution in [0.5, 0.6) is 0 Å². The fourth-order valence-corrected chi connectivity index (χ4v) is 5.86. The molecule has 0 aromatic rings. The number of amides is 1. The summed E-state index contributed by atoms with van der Waals surface area (Å²) in [5, 5.41) is 21.1. The number of likely N-dealkylation sites (tertiary alicyclic amines) is 1. The van der Waals surface area contributed by atoms with Gasteiger partial charge in [0.2, 0.25) is 5.91 Å². The van der Waals surface area contributed by atoms with Crippen molar-refractivity contribution >= 4 is 5.91 Å². The molecule has 1 heterocycles. The molecular weight excluding hydrogens is 386 g/mol.